The maximum atomic E-state index is 10.5. The molecule has 0 aliphatic carbocycles. The van der Waals surface area contributed by atoms with Crippen molar-refractivity contribution in [2.75, 3.05) is 6.61 Å². The van der Waals surface area contributed by atoms with Gasteiger partial charge in [0.15, 0.2) is 6.29 Å². The van der Waals surface area contributed by atoms with Gasteiger partial charge in [0.05, 0.1) is 6.61 Å². The molecule has 1 saturated heterocycles. The van der Waals surface area contributed by atoms with Gasteiger partial charge in [-0.25, -0.2) is 4.79 Å². The van der Waals surface area contributed by atoms with E-state index in [4.69, 9.17) is 15.6 Å². The maximum absolute atomic E-state index is 10.5. The van der Waals surface area contributed by atoms with Gasteiger partial charge in [0.1, 0.15) is 24.4 Å². The Labute approximate surface area is 85.3 Å². The smallest absolute Gasteiger partial charge is 0.312 e. The Morgan fingerprint density at radius 1 is 1.33 bits per heavy atom. The van der Waals surface area contributed by atoms with Crippen LogP contribution in [0.3, 0.4) is 0 Å². The number of nitrogens with two attached hydrogens (primary N) is 1. The summed E-state index contributed by atoms with van der Waals surface area (Å²) < 4.78 is 4.76. The van der Waals surface area contributed by atoms with Crippen LogP contribution in [0.25, 0.3) is 0 Å². The molecule has 8 heteroatoms. The second kappa shape index (κ2) is 4.73. The van der Waals surface area contributed by atoms with E-state index in [1.54, 1.807) is 0 Å². The van der Waals surface area contributed by atoms with E-state index in [0.717, 1.165) is 0 Å². The molecule has 0 saturated carbocycles. The molecular formula is C7H14N2O6. The number of rotatable bonds is 2. The highest BCUT2D eigenvalue weighted by atomic mass is 16.6. The van der Waals surface area contributed by atoms with Crippen molar-refractivity contribution in [2.45, 2.75) is 30.6 Å². The number of carbonyl (C=O) groups is 1. The molecule has 15 heavy (non-hydrogen) atoms. The van der Waals surface area contributed by atoms with Gasteiger partial charge in [0.25, 0.3) is 0 Å². The summed E-state index contributed by atoms with van der Waals surface area (Å²) in [6.45, 7) is -0.557. The van der Waals surface area contributed by atoms with Crippen LogP contribution in [0.4, 0.5) is 4.79 Å². The van der Waals surface area contributed by atoms with Gasteiger partial charge in [-0.15, -0.1) is 0 Å². The molecule has 5 unspecified atom stereocenters. The van der Waals surface area contributed by atoms with Gasteiger partial charge in [-0.05, 0) is 0 Å². The Morgan fingerprint density at radius 2 is 1.93 bits per heavy atom. The van der Waals surface area contributed by atoms with Crippen LogP contribution in [-0.2, 0) is 4.74 Å². The van der Waals surface area contributed by atoms with Crippen molar-refractivity contribution in [3.05, 3.63) is 0 Å². The molecule has 8 nitrogen and oxygen atoms in total. The summed E-state index contributed by atoms with van der Waals surface area (Å²) in [5, 5.41) is 39.0. The number of carbonyl (C=O) groups excluding carboxylic acids is 1. The Balaban J connectivity index is 2.70. The molecule has 1 heterocycles. The van der Waals surface area contributed by atoms with Crippen molar-refractivity contribution in [2.24, 2.45) is 5.73 Å². The first-order chi connectivity index (χ1) is 6.97. The van der Waals surface area contributed by atoms with E-state index in [2.05, 4.69) is 0 Å². The lowest BCUT2D eigenvalue weighted by atomic mass is 9.97. The molecule has 0 aromatic rings. The molecule has 88 valence electrons. The summed E-state index contributed by atoms with van der Waals surface area (Å²) in [7, 11) is 0. The minimum Gasteiger partial charge on any atom is -0.394 e. The van der Waals surface area contributed by atoms with E-state index >= 15 is 0 Å². The van der Waals surface area contributed by atoms with Crippen LogP contribution < -0.4 is 11.1 Å². The second-order valence-electron chi connectivity index (χ2n) is 3.26. The van der Waals surface area contributed by atoms with E-state index in [-0.39, 0.29) is 0 Å². The number of ether oxygens (including phenoxy) is 1. The summed E-state index contributed by atoms with van der Waals surface area (Å²) >= 11 is 0. The van der Waals surface area contributed by atoms with Crippen molar-refractivity contribution in [3.8, 4) is 0 Å². The summed E-state index contributed by atoms with van der Waals surface area (Å²) in [5.41, 5.74) is 4.80. The predicted octanol–water partition coefficient (Wildman–Crippen LogP) is -3.55. The first-order valence-electron chi connectivity index (χ1n) is 4.34. The molecule has 0 spiro atoms. The van der Waals surface area contributed by atoms with Crippen LogP contribution in [0, 0.1) is 0 Å². The lowest BCUT2D eigenvalue weighted by Crippen LogP contribution is -2.64. The fraction of sp³-hybridized carbons (Fsp3) is 0.857. The lowest BCUT2D eigenvalue weighted by Gasteiger charge is -2.39. The zero-order chi connectivity index (χ0) is 11.6. The average molecular weight is 222 g/mol. The first-order valence-corrected chi connectivity index (χ1v) is 4.34. The van der Waals surface area contributed by atoms with Crippen molar-refractivity contribution < 1.29 is 30.0 Å². The Hall–Kier alpha value is -0.930. The van der Waals surface area contributed by atoms with Crippen LogP contribution in [-0.4, -0.2) is 63.7 Å². The molecule has 7 N–H and O–H groups in total. The largest absolute Gasteiger partial charge is 0.394 e. The molecule has 5 atom stereocenters. The van der Waals surface area contributed by atoms with Gasteiger partial charge in [0.2, 0.25) is 0 Å². The van der Waals surface area contributed by atoms with Crippen LogP contribution in [0.1, 0.15) is 0 Å². The fourth-order valence-corrected chi connectivity index (χ4v) is 1.42. The van der Waals surface area contributed by atoms with Gasteiger partial charge in [-0.2, -0.15) is 0 Å². The summed E-state index contributed by atoms with van der Waals surface area (Å²) in [4.78, 5) is 10.5. The quantitative estimate of drug-likeness (QED) is 0.285. The summed E-state index contributed by atoms with van der Waals surface area (Å²) in [6.07, 6.45) is -5.50. The molecule has 0 aromatic carbocycles. The third-order valence-electron chi connectivity index (χ3n) is 2.21. The highest BCUT2D eigenvalue weighted by Crippen LogP contribution is 2.19. The number of hydrogen-bond donors (Lipinski definition) is 6. The van der Waals surface area contributed by atoms with Crippen molar-refractivity contribution in [1.82, 2.24) is 5.32 Å². The second-order valence-corrected chi connectivity index (χ2v) is 3.26. The fourth-order valence-electron chi connectivity index (χ4n) is 1.42. The minimum atomic E-state index is -1.53. The monoisotopic (exact) mass is 222 g/mol. The van der Waals surface area contributed by atoms with Crippen LogP contribution in [0.15, 0.2) is 0 Å². The molecule has 0 bridgehead atoms. The number of amides is 2. The van der Waals surface area contributed by atoms with Gasteiger partial charge in [0, 0.05) is 0 Å². The topological polar surface area (TPSA) is 145 Å². The van der Waals surface area contributed by atoms with Crippen LogP contribution in [0.2, 0.25) is 0 Å². The van der Waals surface area contributed by atoms with Gasteiger partial charge < -0.3 is 36.2 Å². The van der Waals surface area contributed by atoms with Crippen molar-refractivity contribution >= 4 is 6.03 Å². The molecule has 0 aromatic heterocycles. The molecular weight excluding hydrogens is 208 g/mol. The minimum absolute atomic E-state index is 0.557. The molecule has 2 amide bonds. The van der Waals surface area contributed by atoms with E-state index in [1.165, 1.54) is 0 Å². The SMILES string of the molecule is NC(=O)NC1C(O)OC(CO)C(O)C1O. The number of nitrogens with one attached hydrogen (secondary N) is 1. The highest BCUT2D eigenvalue weighted by Gasteiger charge is 2.44. The lowest BCUT2D eigenvalue weighted by molar-refractivity contribution is -0.252. The molecule has 1 fully saturated rings. The van der Waals surface area contributed by atoms with Gasteiger partial charge in [-0.1, -0.05) is 0 Å². The normalized spacial score (nSPS) is 41.2. The number of urea groups is 1. The molecule has 1 aliphatic rings. The van der Waals surface area contributed by atoms with Crippen LogP contribution >= 0.6 is 0 Å². The predicted molar refractivity (Wildman–Crippen MR) is 46.5 cm³/mol. The Morgan fingerprint density at radius 3 is 2.40 bits per heavy atom. The Kier molecular flexibility index (Phi) is 3.83. The molecule has 1 aliphatic heterocycles. The van der Waals surface area contributed by atoms with Gasteiger partial charge >= 0.3 is 6.03 Å². The van der Waals surface area contributed by atoms with Crippen LogP contribution in [0.5, 0.6) is 0 Å². The third-order valence-corrected chi connectivity index (χ3v) is 2.21. The standard InChI is InChI=1S/C7H14N2O6/c8-7(14)9-3-5(12)4(11)2(1-10)15-6(3)13/h2-6,10-13H,1H2,(H3,8,9,14). The summed E-state index contributed by atoms with van der Waals surface area (Å²) in [5.74, 6) is 0. The first kappa shape index (κ1) is 12.1. The van der Waals surface area contributed by atoms with E-state index in [9.17, 15) is 20.1 Å². The molecule has 0 radical (unpaired) electrons. The van der Waals surface area contributed by atoms with Gasteiger partial charge in [-0.3, -0.25) is 0 Å². The number of hydrogen-bond acceptors (Lipinski definition) is 6. The number of primary amides is 1. The van der Waals surface area contributed by atoms with Crippen molar-refractivity contribution in [1.29, 1.82) is 0 Å². The number of aliphatic hydroxyl groups is 4. The van der Waals surface area contributed by atoms with E-state index < -0.39 is 43.3 Å². The third kappa shape index (κ3) is 2.55. The number of aliphatic hydroxyl groups excluding tert-OH is 4. The molecule has 1 rings (SSSR count). The van der Waals surface area contributed by atoms with E-state index in [1.807, 2.05) is 5.32 Å². The van der Waals surface area contributed by atoms with Crippen molar-refractivity contribution in [3.63, 3.8) is 0 Å². The Bertz CT molecular complexity index is 238. The van der Waals surface area contributed by atoms with E-state index in [0.29, 0.717) is 0 Å². The summed E-state index contributed by atoms with van der Waals surface area (Å²) in [6, 6.07) is -2.18. The zero-order valence-electron chi connectivity index (χ0n) is 7.78. The maximum Gasteiger partial charge on any atom is 0.312 e. The highest BCUT2D eigenvalue weighted by molar-refractivity contribution is 5.72. The zero-order valence-corrected chi connectivity index (χ0v) is 7.78. The average Bonchev–Trinajstić information content (AvgIpc) is 2.18.